The van der Waals surface area contributed by atoms with Crippen molar-refractivity contribution < 1.29 is 18.5 Å². The molecule has 0 aromatic heterocycles. The number of hydrogen-bond acceptors (Lipinski definition) is 5. The monoisotopic (exact) mass is 592 g/mol. The summed E-state index contributed by atoms with van der Waals surface area (Å²) in [7, 11) is 1.01. The van der Waals surface area contributed by atoms with Gasteiger partial charge in [-0.2, -0.15) is 0 Å². The Morgan fingerprint density at radius 3 is 2.10 bits per heavy atom. The van der Waals surface area contributed by atoms with Gasteiger partial charge in [-0.3, -0.25) is 9.59 Å². The minimum Gasteiger partial charge on any atom is -0.488 e. The molecule has 2 fully saturated rings. The molecule has 2 aromatic rings. The zero-order valence-electron chi connectivity index (χ0n) is 24.5. The van der Waals surface area contributed by atoms with Crippen molar-refractivity contribution in [3.8, 4) is 5.75 Å². The van der Waals surface area contributed by atoms with Gasteiger partial charge in [0.1, 0.15) is 22.3 Å². The molecule has 1 unspecified atom stereocenters. The van der Waals surface area contributed by atoms with E-state index in [1.54, 1.807) is 0 Å². The van der Waals surface area contributed by atoms with E-state index in [9.17, 15) is 13.8 Å². The summed E-state index contributed by atoms with van der Waals surface area (Å²) in [5.74, 6) is 0.854. The van der Waals surface area contributed by atoms with Crippen molar-refractivity contribution in [3.63, 3.8) is 0 Å². The zero-order valence-corrected chi connectivity index (χ0v) is 26.0. The Bertz CT molecular complexity index is 1040. The minimum absolute atomic E-state index is 0.145. The van der Waals surface area contributed by atoms with Crippen LogP contribution < -0.4 is 10.1 Å². The lowest BCUT2D eigenvalue weighted by molar-refractivity contribution is -0.118. The summed E-state index contributed by atoms with van der Waals surface area (Å²) in [5, 5.41) is 3.52. The average molecular weight is 593 g/mol. The summed E-state index contributed by atoms with van der Waals surface area (Å²) in [6, 6.07) is 15.4. The van der Waals surface area contributed by atoms with E-state index in [1.807, 2.05) is 85.4 Å². The van der Waals surface area contributed by atoms with E-state index in [4.69, 9.17) is 16.3 Å². The second kappa shape index (κ2) is 17.4. The van der Waals surface area contributed by atoms with Gasteiger partial charge in [-0.25, -0.2) is 8.51 Å². The van der Waals surface area contributed by atoms with Crippen LogP contribution in [0.4, 0.5) is 0 Å². The predicted octanol–water partition coefficient (Wildman–Crippen LogP) is 4.53. The Labute approximate surface area is 247 Å². The molecule has 1 atom stereocenters. The van der Waals surface area contributed by atoms with Crippen LogP contribution in [0.15, 0.2) is 53.4 Å². The van der Waals surface area contributed by atoms with Gasteiger partial charge in [0.2, 0.25) is 12.8 Å². The maximum atomic E-state index is 12.3. The number of nitrogens with one attached hydrogen (secondary N) is 1. The first-order valence-corrected chi connectivity index (χ1v) is 15.2. The van der Waals surface area contributed by atoms with Crippen molar-refractivity contribution >= 4 is 35.4 Å². The lowest BCUT2D eigenvalue weighted by Crippen LogP contribution is -2.42. The van der Waals surface area contributed by atoms with E-state index in [0.717, 1.165) is 87.0 Å². The molecular formula is C30H45ClN4O4S. The minimum atomic E-state index is -1.08. The molecule has 222 valence electrons. The molecule has 0 radical (unpaired) electrons. The number of halogens is 1. The molecule has 0 spiro atoms. The van der Waals surface area contributed by atoms with E-state index in [1.165, 1.54) is 5.56 Å². The maximum absolute atomic E-state index is 12.3. The van der Waals surface area contributed by atoms with Gasteiger partial charge in [0, 0.05) is 43.8 Å². The summed E-state index contributed by atoms with van der Waals surface area (Å²) in [6.45, 7) is 13.5. The van der Waals surface area contributed by atoms with E-state index in [-0.39, 0.29) is 11.6 Å². The molecule has 40 heavy (non-hydrogen) atoms. The molecule has 4 rings (SSSR count). The number of likely N-dealkylation sites (N-methyl/N-ethyl adjacent to an activating group) is 1. The molecule has 1 N–H and O–H groups in total. The molecule has 8 nitrogen and oxygen atoms in total. The second-order valence-corrected chi connectivity index (χ2v) is 12.9. The highest BCUT2D eigenvalue weighted by Gasteiger charge is 2.23. The van der Waals surface area contributed by atoms with Crippen LogP contribution in [0.2, 0.25) is 5.02 Å². The summed E-state index contributed by atoms with van der Waals surface area (Å²) in [4.78, 5) is 25.6. The predicted molar refractivity (Wildman–Crippen MR) is 163 cm³/mol. The fraction of sp³-hybridized carbons (Fsp3) is 0.533. The van der Waals surface area contributed by atoms with Gasteiger partial charge in [-0.15, -0.1) is 0 Å². The van der Waals surface area contributed by atoms with Crippen LogP contribution in [0.5, 0.6) is 5.75 Å². The average Bonchev–Trinajstić information content (AvgIpc) is 3.14. The summed E-state index contributed by atoms with van der Waals surface area (Å²) in [5.41, 5.74) is 1.03. The van der Waals surface area contributed by atoms with Crippen LogP contribution in [0.1, 0.15) is 45.6 Å². The highest BCUT2D eigenvalue weighted by Crippen LogP contribution is 2.20. The molecule has 2 heterocycles. The van der Waals surface area contributed by atoms with Gasteiger partial charge in [0.25, 0.3) is 0 Å². The fourth-order valence-electron chi connectivity index (χ4n) is 4.12. The molecule has 2 saturated heterocycles. The topological polar surface area (TPSA) is 82.2 Å². The van der Waals surface area contributed by atoms with E-state index < -0.39 is 11.0 Å². The third-order valence-corrected chi connectivity index (χ3v) is 8.12. The molecule has 2 aliphatic heterocycles. The number of nitrogens with zero attached hydrogens (tertiary/aromatic N) is 3. The van der Waals surface area contributed by atoms with Gasteiger partial charge in [0.05, 0.1) is 4.90 Å². The summed E-state index contributed by atoms with van der Waals surface area (Å²) in [6.07, 6.45) is 4.51. The summed E-state index contributed by atoms with van der Waals surface area (Å²) >= 11 is 5.73. The SMILES string of the molecule is CC(C)(C)Oc1ccc(Cl)cc1.CN1CCCN(C=O)CC1.Cc1ccc(S(=O)N2CCC(NC=O)CC2)cc1. The number of carbonyl (C=O) groups is 2. The van der Waals surface area contributed by atoms with E-state index in [0.29, 0.717) is 0 Å². The van der Waals surface area contributed by atoms with E-state index in [2.05, 4.69) is 17.3 Å². The van der Waals surface area contributed by atoms with Crippen molar-refractivity contribution in [2.45, 2.75) is 63.5 Å². The van der Waals surface area contributed by atoms with Crippen LogP contribution in [0.25, 0.3) is 0 Å². The van der Waals surface area contributed by atoms with Gasteiger partial charge in [0.15, 0.2) is 0 Å². The number of benzene rings is 2. The van der Waals surface area contributed by atoms with Crippen molar-refractivity contribution in [2.75, 3.05) is 46.3 Å². The number of piperidine rings is 1. The van der Waals surface area contributed by atoms with Crippen LogP contribution in [0, 0.1) is 6.92 Å². The Hall–Kier alpha value is -2.46. The van der Waals surface area contributed by atoms with Gasteiger partial charge >= 0.3 is 0 Å². The number of aryl methyl sites for hydroxylation is 1. The molecule has 2 aliphatic rings. The quantitative estimate of drug-likeness (QED) is 0.499. The largest absolute Gasteiger partial charge is 0.488 e. The number of amides is 2. The van der Waals surface area contributed by atoms with Gasteiger partial charge in [-0.1, -0.05) is 29.3 Å². The second-order valence-electron chi connectivity index (χ2n) is 11.0. The van der Waals surface area contributed by atoms with Crippen LogP contribution >= 0.6 is 11.6 Å². The Morgan fingerprint density at radius 1 is 0.925 bits per heavy atom. The number of hydrogen-bond donors (Lipinski definition) is 1. The molecule has 0 aliphatic carbocycles. The Kier molecular flexibility index (Phi) is 14.7. The standard InChI is InChI=1S/C13H18N2O2S.C10H13ClO.C7H14N2O/c1-11-2-4-13(5-3-11)18(17)15-8-6-12(7-9-15)14-10-16;1-10(2,3)12-9-6-4-8(11)5-7-9;1-8-3-2-4-9(7-10)6-5-8/h2-5,10,12H,6-9H2,1H3,(H,14,16);4-7H,1-3H3;7H,2-6H2,1H3. The first-order chi connectivity index (χ1) is 19.0. The lowest BCUT2D eigenvalue weighted by atomic mass is 10.1. The van der Waals surface area contributed by atoms with Crippen molar-refractivity contribution in [2.24, 2.45) is 0 Å². The first-order valence-electron chi connectivity index (χ1n) is 13.8. The van der Waals surface area contributed by atoms with Crippen LogP contribution in [-0.4, -0.2) is 89.1 Å². The normalized spacial score (nSPS) is 17.7. The third-order valence-electron chi connectivity index (χ3n) is 6.36. The number of rotatable bonds is 6. The Morgan fingerprint density at radius 2 is 1.55 bits per heavy atom. The van der Waals surface area contributed by atoms with Crippen molar-refractivity contribution in [1.82, 2.24) is 19.4 Å². The highest BCUT2D eigenvalue weighted by molar-refractivity contribution is 7.82. The molecule has 2 aromatic carbocycles. The molecule has 10 heteroatoms. The van der Waals surface area contributed by atoms with E-state index >= 15 is 0 Å². The lowest BCUT2D eigenvalue weighted by Gasteiger charge is -2.30. The maximum Gasteiger partial charge on any atom is 0.209 e. The molecule has 0 bridgehead atoms. The van der Waals surface area contributed by atoms with Crippen molar-refractivity contribution in [1.29, 1.82) is 0 Å². The molecule has 0 saturated carbocycles. The fourth-order valence-corrected chi connectivity index (χ4v) is 5.45. The zero-order chi connectivity index (χ0) is 29.5. The summed E-state index contributed by atoms with van der Waals surface area (Å²) < 4.78 is 19.9. The van der Waals surface area contributed by atoms with Gasteiger partial charge < -0.3 is 19.9 Å². The molecular weight excluding hydrogens is 548 g/mol. The van der Waals surface area contributed by atoms with Gasteiger partial charge in [-0.05, 0) is 96.9 Å². The third kappa shape index (κ3) is 13.3. The Balaban J connectivity index is 0.000000222. The number of ether oxygens (including phenoxy) is 1. The van der Waals surface area contributed by atoms with Crippen molar-refractivity contribution in [3.05, 3.63) is 59.1 Å². The van der Waals surface area contributed by atoms with Crippen LogP contribution in [-0.2, 0) is 20.6 Å². The highest BCUT2D eigenvalue weighted by atomic mass is 35.5. The number of carbonyl (C=O) groups excluding carboxylic acids is 2. The smallest absolute Gasteiger partial charge is 0.209 e. The molecule has 2 amide bonds. The van der Waals surface area contributed by atoms with Crippen LogP contribution in [0.3, 0.4) is 0 Å². The first kappa shape index (κ1) is 33.7.